The quantitative estimate of drug-likeness (QED) is 0.103. The number of unbranched alkanes of at least 4 members (excludes halogenated alkanes) is 1. The summed E-state index contributed by atoms with van der Waals surface area (Å²) in [6.45, 7) is 5.54. The molecular formula is C28H40N10O2. The van der Waals surface area contributed by atoms with Crippen LogP contribution in [0.15, 0.2) is 30.6 Å². The Balaban J connectivity index is 1.90. The van der Waals surface area contributed by atoms with Crippen molar-refractivity contribution in [1.82, 2.24) is 30.1 Å². The third-order valence-corrected chi connectivity index (χ3v) is 5.42. The summed E-state index contributed by atoms with van der Waals surface area (Å²) in [5, 5.41) is 17.1. The lowest BCUT2D eigenvalue weighted by molar-refractivity contribution is -0.131. The Morgan fingerprint density at radius 3 is 2.65 bits per heavy atom. The predicted molar refractivity (Wildman–Crippen MR) is 160 cm³/mol. The molecule has 12 nitrogen and oxygen atoms in total. The topological polar surface area (TPSA) is 165 Å². The average molecular weight is 549 g/mol. The second-order valence-corrected chi connectivity index (χ2v) is 9.40. The zero-order valence-corrected chi connectivity index (χ0v) is 24.0. The van der Waals surface area contributed by atoms with Crippen LogP contribution < -0.4 is 21.7 Å². The van der Waals surface area contributed by atoms with E-state index in [2.05, 4.69) is 49.7 Å². The van der Waals surface area contributed by atoms with Crippen LogP contribution in [-0.2, 0) is 9.59 Å². The molecule has 2 heterocycles. The van der Waals surface area contributed by atoms with Crippen molar-refractivity contribution in [3.05, 3.63) is 41.7 Å². The SMILES string of the molecule is CCCNc1nc(Nc2cnc(N)c(C(C)=N)c2)ncc1C#CCCCNC(=O)CN(C)C(=O)/C=C/CN(C)C. The van der Waals surface area contributed by atoms with Crippen molar-refractivity contribution in [2.24, 2.45) is 0 Å². The molecule has 2 rings (SSSR count). The van der Waals surface area contributed by atoms with Crippen LogP contribution in [0.2, 0.25) is 0 Å². The van der Waals surface area contributed by atoms with Crippen molar-refractivity contribution < 1.29 is 9.59 Å². The van der Waals surface area contributed by atoms with Crippen LogP contribution in [-0.4, -0.2) is 89.6 Å². The lowest BCUT2D eigenvalue weighted by Crippen LogP contribution is -2.38. The number of nitrogens with zero attached hydrogens (tertiary/aromatic N) is 5. The maximum atomic E-state index is 12.1. The lowest BCUT2D eigenvalue weighted by atomic mass is 10.1. The fourth-order valence-corrected chi connectivity index (χ4v) is 3.29. The highest BCUT2D eigenvalue weighted by molar-refractivity contribution is 6.01. The van der Waals surface area contributed by atoms with E-state index in [9.17, 15) is 9.59 Å². The first-order valence-corrected chi connectivity index (χ1v) is 13.1. The zero-order valence-electron chi connectivity index (χ0n) is 24.0. The molecule has 0 radical (unpaired) electrons. The van der Waals surface area contributed by atoms with Crippen molar-refractivity contribution in [3.8, 4) is 11.8 Å². The van der Waals surface area contributed by atoms with E-state index < -0.39 is 0 Å². The van der Waals surface area contributed by atoms with Gasteiger partial charge in [-0.2, -0.15) is 4.98 Å². The van der Waals surface area contributed by atoms with Gasteiger partial charge in [0.2, 0.25) is 17.8 Å². The summed E-state index contributed by atoms with van der Waals surface area (Å²) in [5.74, 6) is 7.06. The van der Waals surface area contributed by atoms with Crippen LogP contribution in [0.4, 0.5) is 23.3 Å². The molecule has 2 amide bonds. The lowest BCUT2D eigenvalue weighted by Gasteiger charge is -2.14. The molecule has 0 aliphatic heterocycles. The minimum absolute atomic E-state index is 0.00425. The Morgan fingerprint density at radius 2 is 1.95 bits per heavy atom. The highest BCUT2D eigenvalue weighted by atomic mass is 16.2. The summed E-state index contributed by atoms with van der Waals surface area (Å²) >= 11 is 0. The van der Waals surface area contributed by atoms with Crippen molar-refractivity contribution >= 4 is 40.8 Å². The molecule has 214 valence electrons. The summed E-state index contributed by atoms with van der Waals surface area (Å²) < 4.78 is 0. The standard InChI is InChI=1S/C28H40N10O2/c1-6-13-32-27-21(17-34-28(36-27)35-22-16-23(20(2)29)26(30)33-18-22)11-8-7-9-14-31-24(39)19-38(5)25(40)12-10-15-37(3)4/h10,12,16-18,29H,6-7,9,13-15,19H2,1-5H3,(H2,30,33)(H,31,39)(H2,32,34,35,36)/b12-10+,29-20?. The Hall–Kier alpha value is -4.50. The van der Waals surface area contributed by atoms with Crippen molar-refractivity contribution in [2.75, 3.05) is 63.7 Å². The van der Waals surface area contributed by atoms with Crippen LogP contribution in [0.25, 0.3) is 0 Å². The van der Waals surface area contributed by atoms with Gasteiger partial charge in [0.05, 0.1) is 30.2 Å². The third kappa shape index (κ3) is 11.1. The fourth-order valence-electron chi connectivity index (χ4n) is 3.29. The maximum Gasteiger partial charge on any atom is 0.246 e. The molecule has 2 aromatic heterocycles. The van der Waals surface area contributed by atoms with E-state index in [0.29, 0.717) is 66.0 Å². The Labute approximate surface area is 236 Å². The summed E-state index contributed by atoms with van der Waals surface area (Å²) in [7, 11) is 5.43. The monoisotopic (exact) mass is 548 g/mol. The van der Waals surface area contributed by atoms with Gasteiger partial charge in [-0.15, -0.1) is 0 Å². The van der Waals surface area contributed by atoms with Crippen LogP contribution in [0.3, 0.4) is 0 Å². The Bertz CT molecular complexity index is 1260. The summed E-state index contributed by atoms with van der Waals surface area (Å²) in [5.41, 5.74) is 7.99. The summed E-state index contributed by atoms with van der Waals surface area (Å²) in [4.78, 5) is 40.6. The number of nitrogens with two attached hydrogens (primary N) is 1. The molecule has 0 spiro atoms. The minimum Gasteiger partial charge on any atom is -0.383 e. The fraction of sp³-hybridized carbons (Fsp3) is 0.429. The molecule has 12 heteroatoms. The van der Waals surface area contributed by atoms with Gasteiger partial charge in [-0.25, -0.2) is 9.97 Å². The molecule has 0 saturated heterocycles. The van der Waals surface area contributed by atoms with Crippen molar-refractivity contribution in [1.29, 1.82) is 5.41 Å². The molecule has 0 fully saturated rings. The van der Waals surface area contributed by atoms with Crippen LogP contribution >= 0.6 is 0 Å². The first-order chi connectivity index (χ1) is 19.1. The normalized spacial score (nSPS) is 10.7. The summed E-state index contributed by atoms with van der Waals surface area (Å²) in [6, 6.07) is 1.74. The molecule has 0 bridgehead atoms. The van der Waals surface area contributed by atoms with Gasteiger partial charge in [0.15, 0.2) is 0 Å². The van der Waals surface area contributed by atoms with Gasteiger partial charge >= 0.3 is 0 Å². The van der Waals surface area contributed by atoms with Gasteiger partial charge in [0, 0.05) is 50.5 Å². The second-order valence-electron chi connectivity index (χ2n) is 9.40. The number of nitrogen functional groups attached to an aromatic ring is 1. The van der Waals surface area contributed by atoms with E-state index in [1.54, 1.807) is 38.5 Å². The molecule has 0 aliphatic rings. The average Bonchev–Trinajstić information content (AvgIpc) is 2.90. The Kier molecular flexibility index (Phi) is 13.1. The summed E-state index contributed by atoms with van der Waals surface area (Å²) in [6.07, 6.45) is 8.60. The largest absolute Gasteiger partial charge is 0.383 e. The Morgan fingerprint density at radius 1 is 1.18 bits per heavy atom. The molecule has 0 saturated carbocycles. The van der Waals surface area contributed by atoms with Gasteiger partial charge in [-0.3, -0.25) is 9.59 Å². The molecule has 0 aromatic carbocycles. The van der Waals surface area contributed by atoms with E-state index >= 15 is 0 Å². The van der Waals surface area contributed by atoms with E-state index in [1.807, 2.05) is 19.0 Å². The molecule has 0 atom stereocenters. The van der Waals surface area contributed by atoms with Gasteiger partial charge in [-0.1, -0.05) is 24.8 Å². The smallest absolute Gasteiger partial charge is 0.246 e. The van der Waals surface area contributed by atoms with Crippen LogP contribution in [0.5, 0.6) is 0 Å². The number of pyridine rings is 1. The number of rotatable bonds is 14. The van der Waals surface area contributed by atoms with Crippen molar-refractivity contribution in [2.45, 2.75) is 33.1 Å². The van der Waals surface area contributed by atoms with Gasteiger partial charge in [0.1, 0.15) is 11.6 Å². The number of carbonyl (C=O) groups is 2. The number of carbonyl (C=O) groups excluding carboxylic acids is 2. The third-order valence-electron chi connectivity index (χ3n) is 5.42. The van der Waals surface area contributed by atoms with Crippen LogP contribution in [0.1, 0.15) is 44.2 Å². The maximum absolute atomic E-state index is 12.1. The van der Waals surface area contributed by atoms with Gasteiger partial charge in [-0.05, 0) is 39.9 Å². The van der Waals surface area contributed by atoms with E-state index in [0.717, 1.165) is 13.0 Å². The number of anilines is 4. The highest BCUT2D eigenvalue weighted by Crippen LogP contribution is 2.20. The number of likely N-dealkylation sites (N-methyl/N-ethyl adjacent to an activating group) is 2. The van der Waals surface area contributed by atoms with E-state index in [-0.39, 0.29) is 18.4 Å². The van der Waals surface area contributed by atoms with E-state index in [4.69, 9.17) is 11.1 Å². The predicted octanol–water partition coefficient (Wildman–Crippen LogP) is 2.23. The number of hydrogen-bond acceptors (Lipinski definition) is 10. The number of nitrogens with one attached hydrogen (secondary N) is 4. The first-order valence-electron chi connectivity index (χ1n) is 13.1. The molecule has 40 heavy (non-hydrogen) atoms. The number of amides is 2. The molecule has 6 N–H and O–H groups in total. The highest BCUT2D eigenvalue weighted by Gasteiger charge is 2.11. The van der Waals surface area contributed by atoms with Crippen molar-refractivity contribution in [3.63, 3.8) is 0 Å². The first kappa shape index (κ1) is 31.7. The number of aromatic nitrogens is 3. The molecule has 0 unspecified atom stereocenters. The van der Waals surface area contributed by atoms with E-state index in [1.165, 1.54) is 11.0 Å². The molecule has 2 aromatic rings. The second kappa shape index (κ2) is 16.5. The van der Waals surface area contributed by atoms with Crippen LogP contribution in [0, 0.1) is 17.3 Å². The van der Waals surface area contributed by atoms with Gasteiger partial charge in [0.25, 0.3) is 0 Å². The molecule has 0 aliphatic carbocycles. The minimum atomic E-state index is -0.216. The van der Waals surface area contributed by atoms with Gasteiger partial charge < -0.3 is 36.9 Å². The molecular weight excluding hydrogens is 508 g/mol. The zero-order chi connectivity index (χ0) is 29.5. The number of hydrogen-bond donors (Lipinski definition) is 5.